The first kappa shape index (κ1) is 12.6. The van der Waals surface area contributed by atoms with Crippen LogP contribution in [-0.2, 0) is 0 Å². The van der Waals surface area contributed by atoms with Crippen LogP contribution in [0.1, 0.15) is 5.56 Å². The summed E-state index contributed by atoms with van der Waals surface area (Å²) in [7, 11) is 0. The first-order valence-corrected chi connectivity index (χ1v) is 6.47. The fraction of sp³-hybridized carbons (Fsp3) is 0. The molecule has 20 heavy (non-hydrogen) atoms. The largest absolute Gasteiger partial charge is 0.259 e. The summed E-state index contributed by atoms with van der Waals surface area (Å²) in [6.45, 7) is 0. The Morgan fingerprint density at radius 2 is 1.55 bits per heavy atom. The summed E-state index contributed by atoms with van der Waals surface area (Å²) in [5, 5.41) is 4.42. The number of hydrogen-bond donors (Lipinski definition) is 1. The topological polar surface area (TPSA) is 50.2 Å². The highest BCUT2D eigenvalue weighted by atomic mass is 35.5. The van der Waals surface area contributed by atoms with E-state index in [1.165, 1.54) is 0 Å². The molecule has 1 aromatic heterocycles. The van der Waals surface area contributed by atoms with E-state index < -0.39 is 0 Å². The zero-order valence-electron chi connectivity index (χ0n) is 10.5. The molecule has 0 radical (unpaired) electrons. The number of hydrazone groups is 1. The Morgan fingerprint density at radius 1 is 0.900 bits per heavy atom. The summed E-state index contributed by atoms with van der Waals surface area (Å²) in [4.78, 5) is 8.65. The van der Waals surface area contributed by atoms with Gasteiger partial charge in [-0.1, -0.05) is 54.1 Å². The van der Waals surface area contributed by atoms with Crippen molar-refractivity contribution in [2.75, 3.05) is 5.43 Å². The van der Waals surface area contributed by atoms with Gasteiger partial charge in [-0.2, -0.15) is 5.10 Å². The summed E-state index contributed by atoms with van der Waals surface area (Å²) < 4.78 is 0. The number of aromatic nitrogens is 2. The average Bonchev–Trinajstić information content (AvgIpc) is 2.49. The number of hydrogen-bond acceptors (Lipinski definition) is 4. The Bertz CT molecular complexity index is 756. The molecule has 0 unspecified atom stereocenters. The molecular weight excluding hydrogens is 272 g/mol. The van der Waals surface area contributed by atoms with Gasteiger partial charge in [0, 0.05) is 0 Å². The summed E-state index contributed by atoms with van der Waals surface area (Å²) in [6, 6.07) is 17.3. The van der Waals surface area contributed by atoms with E-state index >= 15 is 0 Å². The normalized spacial score (nSPS) is 11.1. The highest BCUT2D eigenvalue weighted by molar-refractivity contribution is 6.32. The van der Waals surface area contributed by atoms with Crippen molar-refractivity contribution in [2.24, 2.45) is 5.10 Å². The second-order valence-electron chi connectivity index (χ2n) is 4.13. The molecule has 98 valence electrons. The number of rotatable bonds is 3. The molecule has 0 aliphatic rings. The molecule has 1 heterocycles. The third-order valence-electron chi connectivity index (χ3n) is 2.71. The monoisotopic (exact) mass is 282 g/mol. The maximum Gasteiger partial charge on any atom is 0.185 e. The quantitative estimate of drug-likeness (QED) is 0.588. The van der Waals surface area contributed by atoms with E-state index in [9.17, 15) is 0 Å². The molecule has 0 aliphatic carbocycles. The molecule has 0 spiro atoms. The van der Waals surface area contributed by atoms with Gasteiger partial charge in [0.25, 0.3) is 0 Å². The Morgan fingerprint density at radius 3 is 2.30 bits per heavy atom. The van der Waals surface area contributed by atoms with Gasteiger partial charge in [0.05, 0.1) is 17.2 Å². The molecule has 0 saturated carbocycles. The van der Waals surface area contributed by atoms with Gasteiger partial charge in [-0.15, -0.1) is 0 Å². The fourth-order valence-electron chi connectivity index (χ4n) is 1.76. The Labute approximate surface area is 121 Å². The molecule has 0 bridgehead atoms. The van der Waals surface area contributed by atoms with E-state index in [0.717, 1.165) is 16.6 Å². The smallest absolute Gasteiger partial charge is 0.185 e. The van der Waals surface area contributed by atoms with Crippen molar-refractivity contribution in [3.63, 3.8) is 0 Å². The summed E-state index contributed by atoms with van der Waals surface area (Å²) in [5.74, 6) is 0.442. The second-order valence-corrected chi connectivity index (χ2v) is 4.49. The molecule has 3 aromatic rings. The Balaban J connectivity index is 1.84. The SMILES string of the molecule is Clc1nc2ccccc2nc1N/N=C/c1ccccc1. The van der Waals surface area contributed by atoms with Crippen molar-refractivity contribution < 1.29 is 0 Å². The van der Waals surface area contributed by atoms with Crippen LogP contribution in [0, 0.1) is 0 Å². The first-order chi connectivity index (χ1) is 9.83. The van der Waals surface area contributed by atoms with Gasteiger partial charge in [0.1, 0.15) is 0 Å². The minimum atomic E-state index is 0.300. The number of benzene rings is 2. The fourth-order valence-corrected chi connectivity index (χ4v) is 1.93. The highest BCUT2D eigenvalue weighted by Crippen LogP contribution is 2.20. The molecule has 1 N–H and O–H groups in total. The molecule has 5 heteroatoms. The van der Waals surface area contributed by atoms with E-state index in [-0.39, 0.29) is 0 Å². The van der Waals surface area contributed by atoms with E-state index in [1.54, 1.807) is 6.21 Å². The van der Waals surface area contributed by atoms with Crippen LogP contribution < -0.4 is 5.43 Å². The van der Waals surface area contributed by atoms with Crippen LogP contribution >= 0.6 is 11.6 Å². The van der Waals surface area contributed by atoms with Crippen molar-refractivity contribution in [3.05, 3.63) is 65.3 Å². The lowest BCUT2D eigenvalue weighted by atomic mass is 10.2. The van der Waals surface area contributed by atoms with Gasteiger partial charge in [-0.25, -0.2) is 9.97 Å². The molecule has 3 rings (SSSR count). The number of nitrogens with one attached hydrogen (secondary N) is 1. The standard InChI is InChI=1S/C15H11ClN4/c16-14-15(19-13-9-5-4-8-12(13)18-14)20-17-10-11-6-2-1-3-7-11/h1-10H,(H,19,20)/b17-10+. The predicted octanol–water partition coefficient (Wildman–Crippen LogP) is 3.73. The van der Waals surface area contributed by atoms with Crippen molar-refractivity contribution >= 4 is 34.7 Å². The van der Waals surface area contributed by atoms with Crippen LogP contribution in [0.2, 0.25) is 5.15 Å². The maximum absolute atomic E-state index is 6.07. The number of para-hydroxylation sites is 2. The van der Waals surface area contributed by atoms with Crippen LogP contribution in [0.5, 0.6) is 0 Å². The zero-order chi connectivity index (χ0) is 13.8. The van der Waals surface area contributed by atoms with E-state index in [2.05, 4.69) is 20.5 Å². The number of anilines is 1. The van der Waals surface area contributed by atoms with Crippen LogP contribution in [0.15, 0.2) is 59.7 Å². The van der Waals surface area contributed by atoms with Crippen molar-refractivity contribution in [3.8, 4) is 0 Å². The first-order valence-electron chi connectivity index (χ1n) is 6.09. The molecule has 0 amide bonds. The molecule has 0 saturated heterocycles. The summed E-state index contributed by atoms with van der Waals surface area (Å²) in [5.41, 5.74) is 5.34. The molecule has 2 aromatic carbocycles. The van der Waals surface area contributed by atoms with Crippen LogP contribution in [0.3, 0.4) is 0 Å². The van der Waals surface area contributed by atoms with Crippen LogP contribution in [0.4, 0.5) is 5.82 Å². The van der Waals surface area contributed by atoms with Gasteiger partial charge >= 0.3 is 0 Å². The van der Waals surface area contributed by atoms with Crippen molar-refractivity contribution in [1.82, 2.24) is 9.97 Å². The molecule has 0 fully saturated rings. The third-order valence-corrected chi connectivity index (χ3v) is 2.98. The lowest BCUT2D eigenvalue weighted by Crippen LogP contribution is -1.97. The average molecular weight is 283 g/mol. The minimum absolute atomic E-state index is 0.300. The van der Waals surface area contributed by atoms with Gasteiger partial charge in [-0.3, -0.25) is 5.43 Å². The summed E-state index contributed by atoms with van der Waals surface area (Å²) in [6.07, 6.45) is 1.70. The molecule has 4 nitrogen and oxygen atoms in total. The Hall–Kier alpha value is -2.46. The highest BCUT2D eigenvalue weighted by Gasteiger charge is 2.04. The summed E-state index contributed by atoms with van der Waals surface area (Å²) >= 11 is 6.07. The lowest BCUT2D eigenvalue weighted by molar-refractivity contribution is 1.22. The maximum atomic E-state index is 6.07. The second kappa shape index (κ2) is 5.67. The van der Waals surface area contributed by atoms with E-state index in [4.69, 9.17) is 11.6 Å². The number of fused-ring (bicyclic) bond motifs is 1. The third kappa shape index (κ3) is 2.75. The van der Waals surface area contributed by atoms with Gasteiger partial charge in [-0.05, 0) is 17.7 Å². The van der Waals surface area contributed by atoms with Gasteiger partial charge in [0.15, 0.2) is 11.0 Å². The van der Waals surface area contributed by atoms with E-state index in [1.807, 2.05) is 54.6 Å². The van der Waals surface area contributed by atoms with Crippen LogP contribution in [-0.4, -0.2) is 16.2 Å². The predicted molar refractivity (Wildman–Crippen MR) is 82.2 cm³/mol. The van der Waals surface area contributed by atoms with Crippen molar-refractivity contribution in [2.45, 2.75) is 0 Å². The van der Waals surface area contributed by atoms with E-state index in [0.29, 0.717) is 11.0 Å². The van der Waals surface area contributed by atoms with Gasteiger partial charge in [0.2, 0.25) is 0 Å². The molecule has 0 aliphatic heterocycles. The molecule has 0 atom stereocenters. The lowest BCUT2D eigenvalue weighted by Gasteiger charge is -2.03. The minimum Gasteiger partial charge on any atom is -0.259 e. The number of halogens is 1. The Kier molecular flexibility index (Phi) is 3.56. The van der Waals surface area contributed by atoms with Crippen LogP contribution in [0.25, 0.3) is 11.0 Å². The van der Waals surface area contributed by atoms with Crippen molar-refractivity contribution in [1.29, 1.82) is 0 Å². The number of nitrogens with zero attached hydrogens (tertiary/aromatic N) is 3. The zero-order valence-corrected chi connectivity index (χ0v) is 11.2. The van der Waals surface area contributed by atoms with Gasteiger partial charge < -0.3 is 0 Å². The molecular formula is C15H11ClN4.